The summed E-state index contributed by atoms with van der Waals surface area (Å²) in [6, 6.07) is 14.2. The number of benzene rings is 3. The summed E-state index contributed by atoms with van der Waals surface area (Å²) in [5.74, 6) is -1.46. The summed E-state index contributed by atoms with van der Waals surface area (Å²) in [6.45, 7) is 2.61. The summed E-state index contributed by atoms with van der Waals surface area (Å²) in [5, 5.41) is 0. The SMILES string of the molecule is CCCOc1ccc(-c2ccc(Oc3ccc(N)cc3N)c(F)c2F)cc1. The molecular weight excluding hydrogens is 350 g/mol. The first-order valence-corrected chi connectivity index (χ1v) is 8.53. The molecule has 0 unspecified atom stereocenters. The van der Waals surface area contributed by atoms with Gasteiger partial charge in [-0.05, 0) is 54.4 Å². The first kappa shape index (κ1) is 18.5. The summed E-state index contributed by atoms with van der Waals surface area (Å²) in [4.78, 5) is 0. The second-order valence-electron chi connectivity index (χ2n) is 6.01. The van der Waals surface area contributed by atoms with Gasteiger partial charge in [0.2, 0.25) is 5.82 Å². The molecule has 0 radical (unpaired) electrons. The van der Waals surface area contributed by atoms with E-state index >= 15 is 0 Å². The predicted molar refractivity (Wildman–Crippen MR) is 103 cm³/mol. The average Bonchev–Trinajstić information content (AvgIpc) is 2.66. The highest BCUT2D eigenvalue weighted by molar-refractivity contribution is 5.67. The van der Waals surface area contributed by atoms with Crippen molar-refractivity contribution in [3.63, 3.8) is 0 Å². The fourth-order valence-corrected chi connectivity index (χ4v) is 2.56. The highest BCUT2D eigenvalue weighted by Crippen LogP contribution is 2.35. The molecule has 4 nitrogen and oxygen atoms in total. The van der Waals surface area contributed by atoms with Gasteiger partial charge < -0.3 is 20.9 Å². The Bertz CT molecular complexity index is 944. The lowest BCUT2D eigenvalue weighted by Crippen LogP contribution is -1.98. The van der Waals surface area contributed by atoms with E-state index in [4.69, 9.17) is 20.9 Å². The highest BCUT2D eigenvalue weighted by atomic mass is 19.2. The number of anilines is 2. The Morgan fingerprint density at radius 3 is 2.22 bits per heavy atom. The number of rotatable bonds is 6. The van der Waals surface area contributed by atoms with Gasteiger partial charge in [-0.25, -0.2) is 4.39 Å². The Labute approximate surface area is 156 Å². The Kier molecular flexibility index (Phi) is 5.45. The Hall–Kier alpha value is -3.28. The van der Waals surface area contributed by atoms with Crippen LogP contribution in [0, 0.1) is 11.6 Å². The predicted octanol–water partition coefficient (Wildman–Crippen LogP) is 5.38. The molecule has 0 saturated carbocycles. The zero-order valence-electron chi connectivity index (χ0n) is 14.8. The van der Waals surface area contributed by atoms with Gasteiger partial charge in [-0.3, -0.25) is 0 Å². The van der Waals surface area contributed by atoms with Gasteiger partial charge in [0, 0.05) is 11.3 Å². The van der Waals surface area contributed by atoms with Crippen molar-refractivity contribution < 1.29 is 18.3 Å². The van der Waals surface area contributed by atoms with Crippen LogP contribution in [0.2, 0.25) is 0 Å². The minimum Gasteiger partial charge on any atom is -0.494 e. The van der Waals surface area contributed by atoms with Crippen molar-refractivity contribution in [2.45, 2.75) is 13.3 Å². The first-order chi connectivity index (χ1) is 13.0. The third-order valence-electron chi connectivity index (χ3n) is 3.94. The minimum atomic E-state index is -1.09. The third-order valence-corrected chi connectivity index (χ3v) is 3.94. The van der Waals surface area contributed by atoms with Gasteiger partial charge in [0.1, 0.15) is 5.75 Å². The van der Waals surface area contributed by atoms with Crippen LogP contribution in [0.25, 0.3) is 11.1 Å². The van der Waals surface area contributed by atoms with Gasteiger partial charge in [-0.1, -0.05) is 19.1 Å². The fourth-order valence-electron chi connectivity index (χ4n) is 2.56. The van der Waals surface area contributed by atoms with Gasteiger partial charge in [-0.15, -0.1) is 0 Å². The second-order valence-corrected chi connectivity index (χ2v) is 6.01. The lowest BCUT2D eigenvalue weighted by Gasteiger charge is -2.12. The molecule has 0 amide bonds. The lowest BCUT2D eigenvalue weighted by molar-refractivity contribution is 0.317. The fraction of sp³-hybridized carbons (Fsp3) is 0.143. The summed E-state index contributed by atoms with van der Waals surface area (Å²) in [7, 11) is 0. The molecule has 140 valence electrons. The molecule has 6 heteroatoms. The van der Waals surface area contributed by atoms with Crippen LogP contribution in [0.3, 0.4) is 0 Å². The van der Waals surface area contributed by atoms with Crippen LogP contribution >= 0.6 is 0 Å². The van der Waals surface area contributed by atoms with Crippen molar-refractivity contribution in [2.75, 3.05) is 18.1 Å². The molecular formula is C21H20F2N2O2. The molecule has 4 N–H and O–H groups in total. The number of hydrogen-bond donors (Lipinski definition) is 2. The highest BCUT2D eigenvalue weighted by Gasteiger charge is 2.17. The van der Waals surface area contributed by atoms with Crippen molar-refractivity contribution in [1.29, 1.82) is 0 Å². The monoisotopic (exact) mass is 370 g/mol. The minimum absolute atomic E-state index is 0.132. The average molecular weight is 370 g/mol. The van der Waals surface area contributed by atoms with E-state index in [0.717, 1.165) is 6.42 Å². The van der Waals surface area contributed by atoms with Crippen LogP contribution in [0.4, 0.5) is 20.2 Å². The van der Waals surface area contributed by atoms with Gasteiger partial charge in [0.25, 0.3) is 0 Å². The van der Waals surface area contributed by atoms with E-state index in [9.17, 15) is 8.78 Å². The molecule has 0 fully saturated rings. The van der Waals surface area contributed by atoms with Crippen LogP contribution in [0.15, 0.2) is 54.6 Å². The summed E-state index contributed by atoms with van der Waals surface area (Å²) in [5.41, 5.74) is 12.8. The van der Waals surface area contributed by atoms with E-state index in [-0.39, 0.29) is 22.7 Å². The van der Waals surface area contributed by atoms with Crippen LogP contribution < -0.4 is 20.9 Å². The van der Waals surface area contributed by atoms with Gasteiger partial charge in [0.05, 0.1) is 12.3 Å². The van der Waals surface area contributed by atoms with E-state index in [2.05, 4.69) is 0 Å². The summed E-state index contributed by atoms with van der Waals surface area (Å²) < 4.78 is 40.0. The summed E-state index contributed by atoms with van der Waals surface area (Å²) >= 11 is 0. The molecule has 3 aromatic rings. The molecule has 3 rings (SSSR count). The zero-order chi connectivity index (χ0) is 19.4. The number of hydrogen-bond acceptors (Lipinski definition) is 4. The van der Waals surface area contributed by atoms with Crippen molar-refractivity contribution in [1.82, 2.24) is 0 Å². The molecule has 0 aliphatic carbocycles. The molecule has 0 saturated heterocycles. The standard InChI is InChI=1S/C21H20F2N2O2/c1-2-11-26-15-6-3-13(4-7-15)16-8-10-19(21(23)20(16)22)27-18-9-5-14(24)12-17(18)25/h3-10,12H,2,11,24-25H2,1H3. The molecule has 27 heavy (non-hydrogen) atoms. The number of nitrogens with two attached hydrogens (primary N) is 2. The number of ether oxygens (including phenoxy) is 2. The number of nitrogen functional groups attached to an aromatic ring is 2. The van der Waals surface area contributed by atoms with Crippen molar-refractivity contribution in [3.05, 3.63) is 66.2 Å². The molecule has 0 aliphatic rings. The van der Waals surface area contributed by atoms with E-state index in [1.54, 1.807) is 30.3 Å². The maximum Gasteiger partial charge on any atom is 0.201 e. The quantitative estimate of drug-likeness (QED) is 0.572. The molecule has 0 bridgehead atoms. The van der Waals surface area contributed by atoms with E-state index < -0.39 is 11.6 Å². The molecule has 0 atom stereocenters. The van der Waals surface area contributed by atoms with Crippen LogP contribution in [-0.2, 0) is 0 Å². The van der Waals surface area contributed by atoms with E-state index in [0.29, 0.717) is 23.6 Å². The maximum atomic E-state index is 14.6. The second kappa shape index (κ2) is 7.95. The Balaban J connectivity index is 1.86. The van der Waals surface area contributed by atoms with Crippen molar-refractivity contribution in [3.8, 4) is 28.4 Å². The lowest BCUT2D eigenvalue weighted by atomic mass is 10.0. The van der Waals surface area contributed by atoms with Crippen molar-refractivity contribution >= 4 is 11.4 Å². The normalized spacial score (nSPS) is 10.6. The van der Waals surface area contributed by atoms with Gasteiger partial charge in [-0.2, -0.15) is 4.39 Å². The van der Waals surface area contributed by atoms with Crippen LogP contribution in [-0.4, -0.2) is 6.61 Å². The third kappa shape index (κ3) is 4.11. The maximum absolute atomic E-state index is 14.6. The smallest absolute Gasteiger partial charge is 0.201 e. The topological polar surface area (TPSA) is 70.5 Å². The van der Waals surface area contributed by atoms with E-state index in [1.807, 2.05) is 6.92 Å². The van der Waals surface area contributed by atoms with Crippen molar-refractivity contribution in [2.24, 2.45) is 0 Å². The van der Waals surface area contributed by atoms with Crippen LogP contribution in [0.5, 0.6) is 17.2 Å². The molecule has 0 heterocycles. The molecule has 3 aromatic carbocycles. The molecule has 0 aromatic heterocycles. The first-order valence-electron chi connectivity index (χ1n) is 8.53. The number of halogens is 2. The Morgan fingerprint density at radius 2 is 1.56 bits per heavy atom. The Morgan fingerprint density at radius 1 is 0.852 bits per heavy atom. The van der Waals surface area contributed by atoms with E-state index in [1.165, 1.54) is 24.3 Å². The molecule has 0 aliphatic heterocycles. The van der Waals surface area contributed by atoms with Crippen LogP contribution in [0.1, 0.15) is 13.3 Å². The van der Waals surface area contributed by atoms with Gasteiger partial charge in [0.15, 0.2) is 17.3 Å². The summed E-state index contributed by atoms with van der Waals surface area (Å²) in [6.07, 6.45) is 0.890. The van der Waals surface area contributed by atoms with Gasteiger partial charge >= 0.3 is 0 Å². The largest absolute Gasteiger partial charge is 0.494 e. The zero-order valence-corrected chi connectivity index (χ0v) is 14.8. The molecule has 0 spiro atoms.